The standard InChI is InChI=1S/C13H21N3O2/c1-3-16(7-10-4-5-10)8-11-6-12(13(17)15-14)18-9(11)2/h6,10H,3-5,7-8,14H2,1-2H3,(H,15,17). The van der Waals surface area contributed by atoms with Gasteiger partial charge in [0.25, 0.3) is 0 Å². The number of furan rings is 1. The van der Waals surface area contributed by atoms with E-state index in [0.717, 1.165) is 36.9 Å². The molecule has 0 aliphatic heterocycles. The van der Waals surface area contributed by atoms with Gasteiger partial charge in [-0.25, -0.2) is 5.84 Å². The average Bonchev–Trinajstić information content (AvgIpc) is 3.11. The van der Waals surface area contributed by atoms with E-state index in [1.165, 1.54) is 12.8 Å². The molecule has 1 aromatic rings. The van der Waals surface area contributed by atoms with Crippen LogP contribution in [-0.4, -0.2) is 23.9 Å². The molecule has 18 heavy (non-hydrogen) atoms. The van der Waals surface area contributed by atoms with Crippen LogP contribution in [0.25, 0.3) is 0 Å². The van der Waals surface area contributed by atoms with Crippen LogP contribution in [0.5, 0.6) is 0 Å². The smallest absolute Gasteiger partial charge is 0.300 e. The number of amides is 1. The molecule has 3 N–H and O–H groups in total. The van der Waals surface area contributed by atoms with Crippen molar-refractivity contribution in [3.05, 3.63) is 23.2 Å². The van der Waals surface area contributed by atoms with Crippen molar-refractivity contribution in [1.29, 1.82) is 0 Å². The van der Waals surface area contributed by atoms with E-state index in [0.29, 0.717) is 0 Å². The Balaban J connectivity index is 2.02. The zero-order valence-electron chi connectivity index (χ0n) is 11.0. The van der Waals surface area contributed by atoms with Crippen LogP contribution < -0.4 is 11.3 Å². The van der Waals surface area contributed by atoms with Crippen LogP contribution >= 0.6 is 0 Å². The van der Waals surface area contributed by atoms with Gasteiger partial charge in [0.15, 0.2) is 5.76 Å². The molecule has 1 aliphatic carbocycles. The van der Waals surface area contributed by atoms with Crippen LogP contribution in [0.2, 0.25) is 0 Å². The van der Waals surface area contributed by atoms with Gasteiger partial charge in [0.2, 0.25) is 0 Å². The van der Waals surface area contributed by atoms with E-state index in [1.54, 1.807) is 6.07 Å². The number of hydrazine groups is 1. The Bertz CT molecular complexity index is 424. The number of hydrogen-bond acceptors (Lipinski definition) is 4. The number of nitrogens with zero attached hydrogens (tertiary/aromatic N) is 1. The van der Waals surface area contributed by atoms with Gasteiger partial charge in [-0.05, 0) is 38.3 Å². The fraction of sp³-hybridized carbons (Fsp3) is 0.615. The van der Waals surface area contributed by atoms with Gasteiger partial charge >= 0.3 is 5.91 Å². The maximum atomic E-state index is 11.4. The topological polar surface area (TPSA) is 71.5 Å². The monoisotopic (exact) mass is 251 g/mol. The molecule has 0 aromatic carbocycles. The van der Waals surface area contributed by atoms with Crippen molar-refractivity contribution in [1.82, 2.24) is 10.3 Å². The summed E-state index contributed by atoms with van der Waals surface area (Å²) in [6, 6.07) is 1.78. The van der Waals surface area contributed by atoms with E-state index in [9.17, 15) is 4.79 Å². The minimum atomic E-state index is -0.380. The summed E-state index contributed by atoms with van der Waals surface area (Å²) in [6.45, 7) is 7.03. The molecule has 0 saturated heterocycles. The van der Waals surface area contributed by atoms with E-state index in [1.807, 2.05) is 6.92 Å². The van der Waals surface area contributed by atoms with Gasteiger partial charge < -0.3 is 4.42 Å². The third kappa shape index (κ3) is 3.11. The molecule has 0 atom stereocenters. The summed E-state index contributed by atoms with van der Waals surface area (Å²) >= 11 is 0. The first-order valence-electron chi connectivity index (χ1n) is 6.46. The van der Waals surface area contributed by atoms with E-state index < -0.39 is 0 Å². The predicted octanol–water partition coefficient (Wildman–Crippen LogP) is 1.42. The quantitative estimate of drug-likeness (QED) is 0.456. The molecule has 0 spiro atoms. The predicted molar refractivity (Wildman–Crippen MR) is 68.8 cm³/mol. The Labute approximate surface area is 107 Å². The zero-order valence-corrected chi connectivity index (χ0v) is 11.0. The van der Waals surface area contributed by atoms with Crippen molar-refractivity contribution in [2.24, 2.45) is 11.8 Å². The van der Waals surface area contributed by atoms with Crippen LogP contribution in [0.4, 0.5) is 0 Å². The second kappa shape index (κ2) is 5.54. The van der Waals surface area contributed by atoms with Gasteiger partial charge in [-0.3, -0.25) is 15.1 Å². The third-order valence-electron chi connectivity index (χ3n) is 3.43. The molecule has 100 valence electrons. The fourth-order valence-electron chi connectivity index (χ4n) is 2.07. The SMILES string of the molecule is CCN(Cc1cc(C(=O)NN)oc1C)CC1CC1. The second-order valence-electron chi connectivity index (χ2n) is 4.94. The number of nitrogens with one attached hydrogen (secondary N) is 1. The largest absolute Gasteiger partial charge is 0.456 e. The van der Waals surface area contributed by atoms with Crippen LogP contribution in [-0.2, 0) is 6.54 Å². The first kappa shape index (κ1) is 13.1. The molecular formula is C13H21N3O2. The Morgan fingerprint density at radius 2 is 2.33 bits per heavy atom. The van der Waals surface area contributed by atoms with Gasteiger partial charge in [-0.2, -0.15) is 0 Å². The molecule has 1 heterocycles. The summed E-state index contributed by atoms with van der Waals surface area (Å²) in [6.07, 6.45) is 2.70. The summed E-state index contributed by atoms with van der Waals surface area (Å²) in [5, 5.41) is 0. The van der Waals surface area contributed by atoms with Crippen molar-refractivity contribution < 1.29 is 9.21 Å². The summed E-state index contributed by atoms with van der Waals surface area (Å²) in [5.74, 6) is 6.66. The lowest BCUT2D eigenvalue weighted by Crippen LogP contribution is -2.29. The summed E-state index contributed by atoms with van der Waals surface area (Å²) in [5.41, 5.74) is 3.15. The van der Waals surface area contributed by atoms with Gasteiger partial charge in [0, 0.05) is 18.7 Å². The number of nitrogen functional groups attached to an aromatic ring is 1. The molecule has 5 heteroatoms. The molecule has 1 saturated carbocycles. The van der Waals surface area contributed by atoms with Gasteiger partial charge in [0.05, 0.1) is 0 Å². The van der Waals surface area contributed by atoms with Crippen LogP contribution in [0.1, 0.15) is 41.6 Å². The first-order valence-corrected chi connectivity index (χ1v) is 6.46. The zero-order chi connectivity index (χ0) is 13.1. The maximum absolute atomic E-state index is 11.4. The number of nitrogens with two attached hydrogens (primary N) is 1. The molecular weight excluding hydrogens is 230 g/mol. The molecule has 1 fully saturated rings. The normalized spacial score (nSPS) is 15.1. The van der Waals surface area contributed by atoms with Crippen molar-refractivity contribution in [3.63, 3.8) is 0 Å². The number of hydrogen-bond donors (Lipinski definition) is 2. The lowest BCUT2D eigenvalue weighted by atomic mass is 10.2. The van der Waals surface area contributed by atoms with Gasteiger partial charge in [-0.15, -0.1) is 0 Å². The number of carbonyl (C=O) groups excluding carboxylic acids is 1. The molecule has 0 radical (unpaired) electrons. The summed E-state index contributed by atoms with van der Waals surface area (Å²) in [4.78, 5) is 13.8. The molecule has 0 bridgehead atoms. The maximum Gasteiger partial charge on any atom is 0.300 e. The lowest BCUT2D eigenvalue weighted by Gasteiger charge is -2.19. The Hall–Kier alpha value is -1.33. The fourth-order valence-corrected chi connectivity index (χ4v) is 2.07. The van der Waals surface area contributed by atoms with E-state index in [4.69, 9.17) is 10.3 Å². The number of rotatable bonds is 6. The van der Waals surface area contributed by atoms with Crippen molar-refractivity contribution >= 4 is 5.91 Å². The van der Waals surface area contributed by atoms with E-state index >= 15 is 0 Å². The second-order valence-corrected chi connectivity index (χ2v) is 4.94. The molecule has 0 unspecified atom stereocenters. The highest BCUT2D eigenvalue weighted by Gasteiger charge is 2.24. The Morgan fingerprint density at radius 1 is 1.61 bits per heavy atom. The molecule has 1 amide bonds. The molecule has 1 aliphatic rings. The summed E-state index contributed by atoms with van der Waals surface area (Å²) in [7, 11) is 0. The highest BCUT2D eigenvalue weighted by molar-refractivity contribution is 5.91. The molecule has 5 nitrogen and oxygen atoms in total. The highest BCUT2D eigenvalue weighted by Crippen LogP contribution is 2.30. The molecule has 1 aromatic heterocycles. The van der Waals surface area contributed by atoms with Crippen LogP contribution in [0.3, 0.4) is 0 Å². The van der Waals surface area contributed by atoms with Crippen molar-refractivity contribution in [2.45, 2.75) is 33.2 Å². The van der Waals surface area contributed by atoms with E-state index in [2.05, 4.69) is 17.2 Å². The van der Waals surface area contributed by atoms with Crippen LogP contribution in [0, 0.1) is 12.8 Å². The number of aryl methyl sites for hydroxylation is 1. The lowest BCUT2D eigenvalue weighted by molar-refractivity contribution is 0.0924. The number of carbonyl (C=O) groups is 1. The minimum absolute atomic E-state index is 0.285. The highest BCUT2D eigenvalue weighted by atomic mass is 16.4. The van der Waals surface area contributed by atoms with Gasteiger partial charge in [-0.1, -0.05) is 6.92 Å². The van der Waals surface area contributed by atoms with E-state index in [-0.39, 0.29) is 11.7 Å². The Kier molecular flexibility index (Phi) is 4.04. The Morgan fingerprint density at radius 3 is 2.89 bits per heavy atom. The van der Waals surface area contributed by atoms with Crippen LogP contribution in [0.15, 0.2) is 10.5 Å². The van der Waals surface area contributed by atoms with Crippen molar-refractivity contribution in [2.75, 3.05) is 13.1 Å². The first-order chi connectivity index (χ1) is 8.63. The third-order valence-corrected chi connectivity index (χ3v) is 3.43. The molecule has 2 rings (SSSR count). The average molecular weight is 251 g/mol. The minimum Gasteiger partial charge on any atom is -0.456 e. The van der Waals surface area contributed by atoms with Crippen molar-refractivity contribution in [3.8, 4) is 0 Å². The van der Waals surface area contributed by atoms with Gasteiger partial charge in [0.1, 0.15) is 5.76 Å². The summed E-state index contributed by atoms with van der Waals surface area (Å²) < 4.78 is 5.41.